The van der Waals surface area contributed by atoms with E-state index in [0.29, 0.717) is 30.3 Å². The highest BCUT2D eigenvalue weighted by Crippen LogP contribution is 2.29. The number of hydrogen-bond donors (Lipinski definition) is 2. The van der Waals surface area contributed by atoms with Gasteiger partial charge in [-0.05, 0) is 23.8 Å². The Morgan fingerprint density at radius 3 is 2.97 bits per heavy atom. The number of rotatable bonds is 4. The van der Waals surface area contributed by atoms with Crippen LogP contribution in [-0.4, -0.2) is 39.6 Å². The molecule has 0 bridgehead atoms. The van der Waals surface area contributed by atoms with E-state index in [-0.39, 0.29) is 6.04 Å². The molecule has 2 N–H and O–H groups in total. The molecule has 1 aliphatic rings. The molecule has 4 aromatic rings. The minimum atomic E-state index is -0.615. The second-order valence-electron chi connectivity index (χ2n) is 7.23. The van der Waals surface area contributed by atoms with Crippen LogP contribution in [0, 0.1) is 11.6 Å². The standard InChI is InChI=1S/C22H20F2N4O/c23-15-5-6-17(18(24)9-15)20-11-26-22(27-20)21-13-29-8-7-28(21)12-14-10-25-19-4-2-1-3-16(14)19/h1-6,9-11,21,25H,7-8,12-13H2,(H,26,27). The van der Waals surface area contributed by atoms with Crippen molar-refractivity contribution in [2.45, 2.75) is 12.6 Å². The first-order valence-corrected chi connectivity index (χ1v) is 9.56. The second kappa shape index (κ2) is 7.42. The lowest BCUT2D eigenvalue weighted by Gasteiger charge is -2.34. The van der Waals surface area contributed by atoms with E-state index in [9.17, 15) is 8.78 Å². The van der Waals surface area contributed by atoms with Crippen LogP contribution in [-0.2, 0) is 11.3 Å². The molecule has 1 atom stereocenters. The van der Waals surface area contributed by atoms with Crippen molar-refractivity contribution in [1.82, 2.24) is 19.9 Å². The number of ether oxygens (including phenoxy) is 1. The maximum absolute atomic E-state index is 14.1. The normalized spacial score (nSPS) is 17.8. The van der Waals surface area contributed by atoms with Crippen molar-refractivity contribution in [1.29, 1.82) is 0 Å². The predicted molar refractivity (Wildman–Crippen MR) is 106 cm³/mol. The Kier molecular flexibility index (Phi) is 4.61. The predicted octanol–water partition coefficient (Wildman–Crippen LogP) is 4.41. The van der Waals surface area contributed by atoms with Gasteiger partial charge in [-0.2, -0.15) is 0 Å². The number of aromatic amines is 2. The third kappa shape index (κ3) is 3.43. The van der Waals surface area contributed by atoms with Crippen LogP contribution in [0.4, 0.5) is 8.78 Å². The van der Waals surface area contributed by atoms with Crippen LogP contribution < -0.4 is 0 Å². The summed E-state index contributed by atoms with van der Waals surface area (Å²) >= 11 is 0. The first kappa shape index (κ1) is 18.0. The number of nitrogens with one attached hydrogen (secondary N) is 2. The second-order valence-corrected chi connectivity index (χ2v) is 7.23. The number of imidazole rings is 1. The smallest absolute Gasteiger partial charge is 0.135 e. The number of fused-ring (bicyclic) bond motifs is 1. The fraction of sp³-hybridized carbons (Fsp3) is 0.227. The van der Waals surface area contributed by atoms with Crippen molar-refractivity contribution in [2.24, 2.45) is 0 Å². The summed E-state index contributed by atoms with van der Waals surface area (Å²) in [5.41, 5.74) is 3.14. The molecular weight excluding hydrogens is 374 g/mol. The lowest BCUT2D eigenvalue weighted by molar-refractivity contribution is -0.0154. The van der Waals surface area contributed by atoms with Crippen molar-refractivity contribution in [3.63, 3.8) is 0 Å². The number of benzene rings is 2. The Hall–Kier alpha value is -3.03. The van der Waals surface area contributed by atoms with Crippen LogP contribution in [0.3, 0.4) is 0 Å². The number of nitrogens with zero attached hydrogens (tertiary/aromatic N) is 2. The maximum atomic E-state index is 14.1. The topological polar surface area (TPSA) is 56.9 Å². The van der Waals surface area contributed by atoms with Crippen LogP contribution in [0.1, 0.15) is 17.4 Å². The summed E-state index contributed by atoms with van der Waals surface area (Å²) in [6.45, 7) is 2.67. The zero-order chi connectivity index (χ0) is 19.8. The first-order valence-electron chi connectivity index (χ1n) is 9.56. The van der Waals surface area contributed by atoms with Crippen LogP contribution in [0.15, 0.2) is 54.9 Å². The summed E-state index contributed by atoms with van der Waals surface area (Å²) in [5, 5.41) is 1.20. The Bertz CT molecular complexity index is 1150. The van der Waals surface area contributed by atoms with E-state index >= 15 is 0 Å². The lowest BCUT2D eigenvalue weighted by atomic mass is 10.1. The Labute approximate surface area is 166 Å². The van der Waals surface area contributed by atoms with Crippen molar-refractivity contribution < 1.29 is 13.5 Å². The summed E-state index contributed by atoms with van der Waals surface area (Å²) in [6, 6.07) is 11.7. The fourth-order valence-corrected chi connectivity index (χ4v) is 3.91. The van der Waals surface area contributed by atoms with E-state index < -0.39 is 11.6 Å². The van der Waals surface area contributed by atoms with Crippen LogP contribution in [0.25, 0.3) is 22.2 Å². The summed E-state index contributed by atoms with van der Waals surface area (Å²) in [7, 11) is 0. The average molecular weight is 394 g/mol. The molecule has 29 heavy (non-hydrogen) atoms. The number of para-hydroxylation sites is 1. The molecule has 0 amide bonds. The third-order valence-corrected chi connectivity index (χ3v) is 5.42. The molecule has 1 fully saturated rings. The molecule has 1 aliphatic heterocycles. The highest BCUT2D eigenvalue weighted by atomic mass is 19.1. The quantitative estimate of drug-likeness (QED) is 0.539. The first-order chi connectivity index (χ1) is 14.2. The van der Waals surface area contributed by atoms with Gasteiger partial charge in [0.2, 0.25) is 0 Å². The number of morpholine rings is 1. The molecule has 2 aromatic carbocycles. The highest BCUT2D eigenvalue weighted by Gasteiger charge is 2.28. The van der Waals surface area contributed by atoms with Gasteiger partial charge in [0.1, 0.15) is 17.5 Å². The maximum Gasteiger partial charge on any atom is 0.135 e. The zero-order valence-electron chi connectivity index (χ0n) is 15.7. The van der Waals surface area contributed by atoms with Gasteiger partial charge in [-0.15, -0.1) is 0 Å². The zero-order valence-corrected chi connectivity index (χ0v) is 15.7. The molecule has 7 heteroatoms. The number of hydrogen-bond acceptors (Lipinski definition) is 3. The van der Waals surface area contributed by atoms with Crippen molar-refractivity contribution in [3.8, 4) is 11.3 Å². The van der Waals surface area contributed by atoms with Gasteiger partial charge in [-0.1, -0.05) is 18.2 Å². The molecule has 148 valence electrons. The molecule has 5 rings (SSSR count). The monoisotopic (exact) mass is 394 g/mol. The van der Waals surface area contributed by atoms with E-state index in [2.05, 4.69) is 32.0 Å². The molecule has 0 aliphatic carbocycles. The third-order valence-electron chi connectivity index (χ3n) is 5.42. The largest absolute Gasteiger partial charge is 0.378 e. The minimum absolute atomic E-state index is 0.0744. The SMILES string of the molecule is Fc1ccc(-c2cnc(C3COCCN3Cc3c[nH]c4ccccc34)[nH]2)c(F)c1. The van der Waals surface area contributed by atoms with Gasteiger partial charge in [0.05, 0.1) is 31.1 Å². The molecule has 5 nitrogen and oxygen atoms in total. The van der Waals surface area contributed by atoms with Crippen LogP contribution in [0.5, 0.6) is 0 Å². The number of aromatic nitrogens is 3. The Morgan fingerprint density at radius 2 is 2.07 bits per heavy atom. The Morgan fingerprint density at radius 1 is 1.17 bits per heavy atom. The molecule has 1 unspecified atom stereocenters. The van der Waals surface area contributed by atoms with Gasteiger partial charge in [0.25, 0.3) is 0 Å². The Balaban J connectivity index is 1.42. The van der Waals surface area contributed by atoms with Gasteiger partial charge in [-0.25, -0.2) is 13.8 Å². The van der Waals surface area contributed by atoms with E-state index in [0.717, 1.165) is 24.7 Å². The van der Waals surface area contributed by atoms with Crippen molar-refractivity contribution in [3.05, 3.63) is 77.9 Å². The van der Waals surface area contributed by atoms with Gasteiger partial charge in [-0.3, -0.25) is 4.90 Å². The summed E-state index contributed by atoms with van der Waals surface area (Å²) in [6.07, 6.45) is 3.63. The van der Waals surface area contributed by atoms with E-state index in [1.54, 1.807) is 6.20 Å². The van der Waals surface area contributed by atoms with Gasteiger partial charge < -0.3 is 14.7 Å². The molecule has 0 radical (unpaired) electrons. The van der Waals surface area contributed by atoms with E-state index in [1.807, 2.05) is 18.3 Å². The fourth-order valence-electron chi connectivity index (χ4n) is 3.91. The van der Waals surface area contributed by atoms with Crippen LogP contribution >= 0.6 is 0 Å². The number of H-pyrrole nitrogens is 2. The summed E-state index contributed by atoms with van der Waals surface area (Å²) in [4.78, 5) is 13.3. The highest BCUT2D eigenvalue weighted by molar-refractivity contribution is 5.82. The van der Waals surface area contributed by atoms with Gasteiger partial charge in [0.15, 0.2) is 0 Å². The van der Waals surface area contributed by atoms with Crippen LogP contribution in [0.2, 0.25) is 0 Å². The molecular formula is C22H20F2N4O. The van der Waals surface area contributed by atoms with Gasteiger partial charge >= 0.3 is 0 Å². The molecule has 0 saturated carbocycles. The summed E-state index contributed by atoms with van der Waals surface area (Å²) < 4.78 is 33.0. The molecule has 2 aromatic heterocycles. The van der Waals surface area contributed by atoms with E-state index in [4.69, 9.17) is 4.74 Å². The average Bonchev–Trinajstić information content (AvgIpc) is 3.36. The van der Waals surface area contributed by atoms with Crippen molar-refractivity contribution >= 4 is 10.9 Å². The van der Waals surface area contributed by atoms with Crippen molar-refractivity contribution in [2.75, 3.05) is 19.8 Å². The van der Waals surface area contributed by atoms with Gasteiger partial charge in [0, 0.05) is 41.8 Å². The minimum Gasteiger partial charge on any atom is -0.378 e. The number of halogens is 2. The molecule has 1 saturated heterocycles. The lowest BCUT2D eigenvalue weighted by Crippen LogP contribution is -2.39. The van der Waals surface area contributed by atoms with E-state index in [1.165, 1.54) is 23.1 Å². The molecule has 0 spiro atoms. The summed E-state index contributed by atoms with van der Waals surface area (Å²) in [5.74, 6) is -0.504. The molecule has 3 heterocycles.